The molecule has 0 aliphatic carbocycles. The van der Waals surface area contributed by atoms with Gasteiger partial charge in [0, 0.05) is 6.42 Å². The number of ether oxygens (including phenoxy) is 2. The van der Waals surface area contributed by atoms with E-state index in [0.717, 1.165) is 39.9 Å². The van der Waals surface area contributed by atoms with Gasteiger partial charge in [-0.2, -0.15) is 0 Å². The van der Waals surface area contributed by atoms with Crippen molar-refractivity contribution >= 4 is 15.6 Å². The van der Waals surface area contributed by atoms with Gasteiger partial charge in [0.05, 0.1) is 13.2 Å². The summed E-state index contributed by atoms with van der Waals surface area (Å²) in [7, 11) is -0.402. The normalized spacial score (nSPS) is 21.2. The van der Waals surface area contributed by atoms with Gasteiger partial charge in [0.15, 0.2) is 6.29 Å². The van der Waals surface area contributed by atoms with Gasteiger partial charge in [-0.15, -0.1) is 0 Å². The van der Waals surface area contributed by atoms with E-state index in [0.29, 0.717) is 5.04 Å². The van der Waals surface area contributed by atoms with Crippen molar-refractivity contribution in [2.24, 2.45) is 0 Å². The van der Waals surface area contributed by atoms with E-state index in [1.807, 2.05) is 0 Å². The van der Waals surface area contributed by atoms with Gasteiger partial charge in [0.2, 0.25) is 0 Å². The topological polar surface area (TPSA) is 21.7 Å². The molecule has 2 heterocycles. The highest BCUT2D eigenvalue weighted by Crippen LogP contribution is 2.39. The molecular weight excluding hydrogens is 277 g/mol. The summed E-state index contributed by atoms with van der Waals surface area (Å²) >= 11 is 0. The van der Waals surface area contributed by atoms with Crippen molar-refractivity contribution in [2.75, 3.05) is 13.2 Å². The highest BCUT2D eigenvalue weighted by atomic mass is 28.3. The van der Waals surface area contributed by atoms with Gasteiger partial charge in [-0.05, 0) is 30.2 Å². The lowest BCUT2D eigenvalue weighted by Crippen LogP contribution is -2.54. The Balaban J connectivity index is 1.89. The fourth-order valence-electron chi connectivity index (χ4n) is 2.59. The largest absolute Gasteiger partial charge is 0.447 e. The van der Waals surface area contributed by atoms with Crippen LogP contribution in [0.25, 0.3) is 0 Å². The third-order valence-corrected chi connectivity index (χ3v) is 10.5. The van der Waals surface area contributed by atoms with Gasteiger partial charge in [-0.3, -0.25) is 0 Å². The summed E-state index contributed by atoms with van der Waals surface area (Å²) < 4.78 is 13.9. The third kappa shape index (κ3) is 4.24. The fraction of sp³-hybridized carbons (Fsp3) is 0.750. The molecular formula is C16H30BNO2Si. The highest BCUT2D eigenvalue weighted by molar-refractivity contribution is 6.83. The van der Waals surface area contributed by atoms with E-state index in [1.54, 1.807) is 0 Å². The predicted octanol–water partition coefficient (Wildman–Crippen LogP) is 3.60. The summed E-state index contributed by atoms with van der Waals surface area (Å²) in [6.07, 6.45) is 9.85. The maximum atomic E-state index is 5.64. The summed E-state index contributed by atoms with van der Waals surface area (Å²) in [6.45, 7) is 13.7. The average Bonchev–Trinajstić information content (AvgIpc) is 2.45. The molecule has 5 heteroatoms. The third-order valence-electron chi connectivity index (χ3n) is 5.12. The zero-order valence-electron chi connectivity index (χ0n) is 14.3. The van der Waals surface area contributed by atoms with Crippen molar-refractivity contribution in [3.63, 3.8) is 0 Å². The zero-order chi connectivity index (χ0) is 15.5. The molecule has 0 spiro atoms. The summed E-state index contributed by atoms with van der Waals surface area (Å²) in [4.78, 5) is 0. The monoisotopic (exact) mass is 307 g/mol. The molecule has 0 aromatic rings. The van der Waals surface area contributed by atoms with E-state index in [1.165, 1.54) is 5.47 Å². The first-order valence-electron chi connectivity index (χ1n) is 8.17. The van der Waals surface area contributed by atoms with Crippen molar-refractivity contribution in [3.05, 3.63) is 23.8 Å². The quantitative estimate of drug-likeness (QED) is 0.741. The molecule has 21 heavy (non-hydrogen) atoms. The number of allylic oxidation sites excluding steroid dienone is 3. The van der Waals surface area contributed by atoms with Gasteiger partial charge >= 0.3 is 0 Å². The molecule has 2 aliphatic heterocycles. The van der Waals surface area contributed by atoms with Gasteiger partial charge in [-0.25, -0.2) is 0 Å². The van der Waals surface area contributed by atoms with Crippen LogP contribution in [-0.2, 0) is 9.47 Å². The van der Waals surface area contributed by atoms with Crippen LogP contribution in [0.2, 0.25) is 18.1 Å². The lowest BCUT2D eigenvalue weighted by molar-refractivity contribution is -0.180. The minimum absolute atomic E-state index is 0.00637. The van der Waals surface area contributed by atoms with Crippen LogP contribution in [-0.4, -0.2) is 39.6 Å². The first-order valence-corrected chi connectivity index (χ1v) is 11.1. The molecule has 118 valence electrons. The van der Waals surface area contributed by atoms with Gasteiger partial charge in [0.25, 0.3) is 7.41 Å². The molecule has 0 atom stereocenters. The van der Waals surface area contributed by atoms with Crippen LogP contribution in [0.3, 0.4) is 0 Å². The molecule has 1 saturated heterocycles. The Kier molecular flexibility index (Phi) is 5.39. The molecule has 0 saturated carbocycles. The Hall–Kier alpha value is -0.518. The maximum Gasteiger partial charge on any atom is 0.256 e. The van der Waals surface area contributed by atoms with E-state index in [4.69, 9.17) is 9.47 Å². The Morgan fingerprint density at radius 1 is 1.29 bits per heavy atom. The molecule has 0 amide bonds. The predicted molar refractivity (Wildman–Crippen MR) is 93.0 cm³/mol. The highest BCUT2D eigenvalue weighted by Gasteiger charge is 2.40. The first-order chi connectivity index (χ1) is 9.80. The fourth-order valence-corrected chi connectivity index (χ4v) is 4.51. The molecule has 0 bridgehead atoms. The second-order valence-electron chi connectivity index (χ2n) is 7.67. The Morgan fingerprint density at radius 3 is 2.57 bits per heavy atom. The maximum absolute atomic E-state index is 5.64. The number of hydrogen-bond donors (Lipinski definition) is 0. The number of rotatable bonds is 4. The Labute approximate surface area is 131 Å². The molecule has 0 radical (unpaired) electrons. The Morgan fingerprint density at radius 2 is 1.95 bits per heavy atom. The van der Waals surface area contributed by atoms with Crippen LogP contribution in [0, 0.1) is 0 Å². The summed E-state index contributed by atoms with van der Waals surface area (Å²) in [6, 6.07) is 0. The van der Waals surface area contributed by atoms with Crippen LogP contribution >= 0.6 is 0 Å². The summed E-state index contributed by atoms with van der Waals surface area (Å²) in [5.41, 5.74) is 1.50. The molecule has 0 unspecified atom stereocenters. The van der Waals surface area contributed by atoms with Crippen LogP contribution < -0.4 is 0 Å². The molecule has 1 fully saturated rings. The van der Waals surface area contributed by atoms with Crippen LogP contribution in [0.4, 0.5) is 0 Å². The van der Waals surface area contributed by atoms with Crippen molar-refractivity contribution in [2.45, 2.75) is 64.5 Å². The number of hydrogen-bond acceptors (Lipinski definition) is 3. The molecule has 3 nitrogen and oxygen atoms in total. The lowest BCUT2D eigenvalue weighted by atomic mass is 9.77. The van der Waals surface area contributed by atoms with Crippen molar-refractivity contribution in [1.82, 2.24) is 4.48 Å². The van der Waals surface area contributed by atoms with Gasteiger partial charge in [-0.1, -0.05) is 45.4 Å². The van der Waals surface area contributed by atoms with Gasteiger partial charge < -0.3 is 14.0 Å². The first kappa shape index (κ1) is 16.8. The van der Waals surface area contributed by atoms with E-state index in [2.05, 4.69) is 56.7 Å². The second-order valence-corrected chi connectivity index (χ2v) is 12.9. The van der Waals surface area contributed by atoms with Crippen molar-refractivity contribution in [3.8, 4) is 0 Å². The average molecular weight is 307 g/mol. The van der Waals surface area contributed by atoms with E-state index >= 15 is 0 Å². The molecule has 0 aromatic heterocycles. The van der Waals surface area contributed by atoms with Crippen molar-refractivity contribution in [1.29, 1.82) is 0 Å². The minimum atomic E-state index is -1.47. The van der Waals surface area contributed by atoms with Crippen molar-refractivity contribution < 1.29 is 9.47 Å². The molecule has 2 rings (SSSR count). The van der Waals surface area contributed by atoms with Crippen LogP contribution in [0.5, 0.6) is 0 Å². The Bertz CT molecular complexity index is 409. The SMILES string of the molecule is CC(C)(C)[Si](C)(C)N1BC(CCC2OCCCO2)=CC=C1. The molecule has 0 N–H and O–H groups in total. The van der Waals surface area contributed by atoms with E-state index in [9.17, 15) is 0 Å². The number of nitrogens with zero attached hydrogens (tertiary/aromatic N) is 1. The zero-order valence-corrected chi connectivity index (χ0v) is 15.3. The summed E-state index contributed by atoms with van der Waals surface area (Å²) in [5, 5.41) is 0.370. The molecule has 0 aromatic carbocycles. The molecule has 2 aliphatic rings. The summed E-state index contributed by atoms with van der Waals surface area (Å²) in [5.74, 6) is 0. The lowest BCUT2D eigenvalue weighted by Gasteiger charge is -2.47. The minimum Gasteiger partial charge on any atom is -0.447 e. The second kappa shape index (κ2) is 6.71. The van der Waals surface area contributed by atoms with E-state index < -0.39 is 8.24 Å². The van der Waals surface area contributed by atoms with Gasteiger partial charge in [0.1, 0.15) is 8.24 Å². The van der Waals surface area contributed by atoms with E-state index in [-0.39, 0.29) is 6.29 Å². The standard InChI is InChI=1S/C16H30BNO2Si/c1-16(2,3)21(4,5)18-11-6-8-14(17-18)9-10-15-19-12-7-13-20-15/h6,8,11,15,17H,7,9-10,12-13H2,1-5H3. The van der Waals surface area contributed by atoms with Crippen LogP contribution in [0.1, 0.15) is 40.0 Å². The smallest absolute Gasteiger partial charge is 0.256 e. The van der Waals surface area contributed by atoms with Crippen LogP contribution in [0.15, 0.2) is 23.8 Å².